The second kappa shape index (κ2) is 9.92. The zero-order valence-corrected chi connectivity index (χ0v) is 18.4. The van der Waals surface area contributed by atoms with E-state index in [9.17, 15) is 4.79 Å². The summed E-state index contributed by atoms with van der Waals surface area (Å²) in [4.78, 5) is 15.0. The highest BCUT2D eigenvalue weighted by molar-refractivity contribution is 6.04. The molecule has 3 aromatic carbocycles. The van der Waals surface area contributed by atoms with Gasteiger partial charge in [-0.15, -0.1) is 12.4 Å². The Morgan fingerprint density at radius 2 is 1.63 bits per heavy atom. The molecule has 4 rings (SSSR count). The average Bonchev–Trinajstić information content (AvgIpc) is 2.74. The number of nitrogens with one attached hydrogen (secondary N) is 1. The molecule has 30 heavy (non-hydrogen) atoms. The van der Waals surface area contributed by atoms with Gasteiger partial charge in [0.15, 0.2) is 0 Å². The molecule has 3 nitrogen and oxygen atoms in total. The summed E-state index contributed by atoms with van der Waals surface area (Å²) in [5.41, 5.74) is 6.62. The minimum absolute atomic E-state index is 0. The zero-order valence-electron chi connectivity index (χ0n) is 17.6. The molecule has 3 aromatic rings. The summed E-state index contributed by atoms with van der Waals surface area (Å²) in [6, 6.07) is 24.4. The summed E-state index contributed by atoms with van der Waals surface area (Å²) in [5, 5.41) is 3.06. The van der Waals surface area contributed by atoms with Crippen LogP contribution in [0, 0.1) is 5.92 Å². The number of hydrogen-bond donors (Lipinski definition) is 1. The molecule has 1 aliphatic rings. The number of benzene rings is 3. The van der Waals surface area contributed by atoms with Gasteiger partial charge >= 0.3 is 0 Å². The van der Waals surface area contributed by atoms with E-state index >= 15 is 0 Å². The van der Waals surface area contributed by atoms with Gasteiger partial charge in [0.2, 0.25) is 0 Å². The lowest BCUT2D eigenvalue weighted by atomic mass is 9.83. The quantitative estimate of drug-likeness (QED) is 0.574. The number of hydrogen-bond acceptors (Lipinski definition) is 2. The van der Waals surface area contributed by atoms with E-state index in [0.717, 1.165) is 42.1 Å². The Labute approximate surface area is 185 Å². The first-order chi connectivity index (χ1) is 14.1. The van der Waals surface area contributed by atoms with Crippen molar-refractivity contribution in [3.05, 3.63) is 89.5 Å². The first-order valence-electron chi connectivity index (χ1n) is 10.3. The Morgan fingerprint density at radius 3 is 2.33 bits per heavy atom. The molecule has 4 heteroatoms. The maximum Gasteiger partial charge on any atom is 0.255 e. The normalized spacial score (nSPS) is 15.2. The number of carbonyl (C=O) groups excluding carboxylic acids is 1. The first kappa shape index (κ1) is 22.1. The van der Waals surface area contributed by atoms with Gasteiger partial charge in [0, 0.05) is 17.8 Å². The van der Waals surface area contributed by atoms with Gasteiger partial charge in [-0.25, -0.2) is 0 Å². The third-order valence-electron chi connectivity index (χ3n) is 5.67. The monoisotopic (exact) mass is 420 g/mol. The summed E-state index contributed by atoms with van der Waals surface area (Å²) in [5.74, 6) is 0.659. The van der Waals surface area contributed by atoms with Crippen molar-refractivity contribution in [1.29, 1.82) is 0 Å². The van der Waals surface area contributed by atoms with Crippen LogP contribution in [-0.2, 0) is 12.8 Å². The summed E-state index contributed by atoms with van der Waals surface area (Å²) in [7, 11) is 4.28. The number of nitrogens with zero attached hydrogens (tertiary/aromatic N) is 1. The molecule has 0 bridgehead atoms. The fourth-order valence-electron chi connectivity index (χ4n) is 4.23. The minimum atomic E-state index is -0.0640. The van der Waals surface area contributed by atoms with Crippen molar-refractivity contribution in [1.82, 2.24) is 4.90 Å². The summed E-state index contributed by atoms with van der Waals surface area (Å²) in [6.45, 7) is 1.14. The first-order valence-corrected chi connectivity index (χ1v) is 10.3. The number of carbonyl (C=O) groups is 1. The van der Waals surface area contributed by atoms with Crippen molar-refractivity contribution in [3.8, 4) is 11.1 Å². The van der Waals surface area contributed by atoms with Crippen LogP contribution in [0.2, 0.25) is 0 Å². The van der Waals surface area contributed by atoms with Gasteiger partial charge in [0.25, 0.3) is 5.91 Å². The van der Waals surface area contributed by atoms with Crippen LogP contribution in [0.4, 0.5) is 5.69 Å². The largest absolute Gasteiger partial charge is 0.322 e. The van der Waals surface area contributed by atoms with Crippen LogP contribution in [0.5, 0.6) is 0 Å². The van der Waals surface area contributed by atoms with E-state index in [1.54, 1.807) is 0 Å². The van der Waals surface area contributed by atoms with E-state index < -0.39 is 0 Å². The molecular weight excluding hydrogens is 392 g/mol. The highest BCUT2D eigenvalue weighted by Crippen LogP contribution is 2.28. The van der Waals surface area contributed by atoms with E-state index in [4.69, 9.17) is 0 Å². The van der Waals surface area contributed by atoms with Crippen molar-refractivity contribution in [3.63, 3.8) is 0 Å². The lowest BCUT2D eigenvalue weighted by molar-refractivity contribution is 0.102. The molecule has 0 spiro atoms. The van der Waals surface area contributed by atoms with Crippen LogP contribution in [0.25, 0.3) is 11.1 Å². The minimum Gasteiger partial charge on any atom is -0.322 e. The predicted octanol–water partition coefficient (Wildman–Crippen LogP) is 5.69. The van der Waals surface area contributed by atoms with Crippen LogP contribution in [0.3, 0.4) is 0 Å². The van der Waals surface area contributed by atoms with E-state index in [1.807, 2.05) is 48.5 Å². The second-order valence-corrected chi connectivity index (χ2v) is 8.25. The molecule has 0 aliphatic heterocycles. The average molecular weight is 421 g/mol. The van der Waals surface area contributed by atoms with Crippen LogP contribution in [0.15, 0.2) is 72.8 Å². The highest BCUT2D eigenvalue weighted by atomic mass is 35.5. The topological polar surface area (TPSA) is 32.3 Å². The molecule has 0 aromatic heterocycles. The fraction of sp³-hybridized carbons (Fsp3) is 0.269. The summed E-state index contributed by atoms with van der Waals surface area (Å²) >= 11 is 0. The lowest BCUT2D eigenvalue weighted by Gasteiger charge is -2.27. The number of anilines is 1. The number of fused-ring (bicyclic) bond motifs is 1. The summed E-state index contributed by atoms with van der Waals surface area (Å²) in [6.07, 6.45) is 3.43. The highest BCUT2D eigenvalue weighted by Gasteiger charge is 2.19. The van der Waals surface area contributed by atoms with Gasteiger partial charge < -0.3 is 10.2 Å². The summed E-state index contributed by atoms with van der Waals surface area (Å²) < 4.78 is 0. The molecule has 156 valence electrons. The van der Waals surface area contributed by atoms with Crippen molar-refractivity contribution in [2.45, 2.75) is 19.3 Å². The van der Waals surface area contributed by atoms with Gasteiger partial charge in [-0.1, -0.05) is 48.5 Å². The van der Waals surface area contributed by atoms with Gasteiger partial charge in [-0.2, -0.15) is 0 Å². The number of halogens is 1. The standard InChI is InChI=1S/C26H28N2O.ClH/c1-28(2)18-19-8-9-24-17-25(15-14-23(24)16-19)27-26(29)22-12-10-21(11-13-22)20-6-4-3-5-7-20;/h3-7,10-15,17,19H,8-9,16,18H2,1-2H3,(H,27,29);1H. The van der Waals surface area contributed by atoms with E-state index in [1.165, 1.54) is 17.5 Å². The Morgan fingerprint density at radius 1 is 0.933 bits per heavy atom. The van der Waals surface area contributed by atoms with Gasteiger partial charge in [0.05, 0.1) is 0 Å². The number of amides is 1. The van der Waals surface area contributed by atoms with Crippen molar-refractivity contribution >= 4 is 24.0 Å². The molecule has 0 radical (unpaired) electrons. The molecule has 1 N–H and O–H groups in total. The smallest absolute Gasteiger partial charge is 0.255 e. The molecule has 0 saturated heterocycles. The SMILES string of the molecule is CN(C)CC1CCc2cc(NC(=O)c3ccc(-c4ccccc4)cc3)ccc2C1.Cl. The molecule has 1 unspecified atom stereocenters. The Hall–Kier alpha value is -2.62. The van der Waals surface area contributed by atoms with E-state index in [0.29, 0.717) is 5.56 Å². The Balaban J connectivity index is 0.00000256. The third-order valence-corrected chi connectivity index (χ3v) is 5.67. The van der Waals surface area contributed by atoms with Crippen molar-refractivity contribution in [2.24, 2.45) is 5.92 Å². The van der Waals surface area contributed by atoms with E-state index in [2.05, 4.69) is 48.6 Å². The van der Waals surface area contributed by atoms with Crippen LogP contribution >= 0.6 is 12.4 Å². The molecule has 0 saturated carbocycles. The zero-order chi connectivity index (χ0) is 20.2. The number of rotatable bonds is 5. The molecule has 0 heterocycles. The molecule has 1 aliphatic carbocycles. The Kier molecular flexibility index (Phi) is 7.30. The molecule has 1 amide bonds. The maximum atomic E-state index is 12.7. The van der Waals surface area contributed by atoms with Gasteiger partial charge in [-0.05, 0) is 85.8 Å². The van der Waals surface area contributed by atoms with Gasteiger partial charge in [-0.3, -0.25) is 4.79 Å². The lowest BCUT2D eigenvalue weighted by Crippen LogP contribution is -2.26. The van der Waals surface area contributed by atoms with E-state index in [-0.39, 0.29) is 18.3 Å². The molecule has 0 fully saturated rings. The maximum absolute atomic E-state index is 12.7. The predicted molar refractivity (Wildman–Crippen MR) is 128 cm³/mol. The number of aryl methyl sites for hydroxylation is 1. The van der Waals surface area contributed by atoms with Crippen LogP contribution in [-0.4, -0.2) is 31.4 Å². The van der Waals surface area contributed by atoms with Crippen LogP contribution < -0.4 is 5.32 Å². The van der Waals surface area contributed by atoms with Crippen LogP contribution in [0.1, 0.15) is 27.9 Å². The Bertz CT molecular complexity index is 984. The van der Waals surface area contributed by atoms with Crippen molar-refractivity contribution in [2.75, 3.05) is 26.0 Å². The van der Waals surface area contributed by atoms with Gasteiger partial charge in [0.1, 0.15) is 0 Å². The third kappa shape index (κ3) is 5.29. The van der Waals surface area contributed by atoms with Crippen molar-refractivity contribution < 1.29 is 4.79 Å². The molecular formula is C26H29ClN2O. The fourth-order valence-corrected chi connectivity index (χ4v) is 4.23. The molecule has 1 atom stereocenters. The second-order valence-electron chi connectivity index (χ2n) is 8.25.